The van der Waals surface area contributed by atoms with Gasteiger partial charge >= 0.3 is 0 Å². The van der Waals surface area contributed by atoms with Crippen molar-refractivity contribution in [2.45, 2.75) is 23.7 Å². The van der Waals surface area contributed by atoms with Crippen LogP contribution in [-0.4, -0.2) is 28.5 Å². The molecule has 0 bridgehead atoms. The predicted octanol–water partition coefficient (Wildman–Crippen LogP) is 1.52. The molecule has 0 amide bonds. The molecule has 0 aromatic carbocycles. The average Bonchev–Trinajstić information content (AvgIpc) is 2.69. The van der Waals surface area contributed by atoms with Crippen LogP contribution in [0, 0.1) is 11.3 Å². The van der Waals surface area contributed by atoms with Crippen LogP contribution in [-0.2, 0) is 0 Å². The fraction of sp³-hybridized carbons (Fsp3) is 0.625. The Morgan fingerprint density at radius 1 is 1.79 bits per heavy atom. The number of hydrogen-bond donors (Lipinski definition) is 1. The summed E-state index contributed by atoms with van der Waals surface area (Å²) >= 11 is 3.18. The van der Waals surface area contributed by atoms with E-state index >= 15 is 0 Å². The van der Waals surface area contributed by atoms with Gasteiger partial charge in [0.05, 0.1) is 12.1 Å². The van der Waals surface area contributed by atoms with E-state index < -0.39 is 0 Å². The molecular weight excluding hydrogens is 216 g/mol. The van der Waals surface area contributed by atoms with Gasteiger partial charge in [-0.05, 0) is 13.0 Å². The van der Waals surface area contributed by atoms with E-state index in [1.165, 1.54) is 11.3 Å². The number of hydrogen-bond acceptors (Lipinski definition) is 6. The Labute approximate surface area is 91.7 Å². The minimum Gasteiger partial charge on any atom is -0.302 e. The van der Waals surface area contributed by atoms with E-state index in [9.17, 15) is 0 Å². The van der Waals surface area contributed by atoms with Crippen molar-refractivity contribution in [2.24, 2.45) is 0 Å². The van der Waals surface area contributed by atoms with E-state index in [0.717, 1.165) is 23.1 Å². The number of rotatable bonds is 6. The summed E-state index contributed by atoms with van der Waals surface area (Å²) in [7, 11) is 0. The molecule has 1 heterocycles. The molecular formula is C8H12N4S2. The average molecular weight is 228 g/mol. The summed E-state index contributed by atoms with van der Waals surface area (Å²) in [5.41, 5.74) is 1.72. The molecule has 0 spiro atoms. The topological polar surface area (TPSA) is 61.6 Å². The largest absolute Gasteiger partial charge is 0.302 e. The Hall–Kier alpha value is -0.640. The van der Waals surface area contributed by atoms with Crippen molar-refractivity contribution in [3.8, 4) is 6.07 Å². The second-order valence-corrected chi connectivity index (χ2v) is 4.76. The van der Waals surface area contributed by atoms with Gasteiger partial charge in [0, 0.05) is 5.75 Å². The zero-order chi connectivity index (χ0) is 10.2. The van der Waals surface area contributed by atoms with Crippen LogP contribution in [0.4, 0.5) is 0 Å². The number of nitrogens with one attached hydrogen (secondary N) is 1. The van der Waals surface area contributed by atoms with Gasteiger partial charge in [-0.25, -0.2) is 0 Å². The van der Waals surface area contributed by atoms with E-state index in [4.69, 9.17) is 5.26 Å². The van der Waals surface area contributed by atoms with Crippen LogP contribution in [0.1, 0.15) is 13.3 Å². The van der Waals surface area contributed by atoms with Gasteiger partial charge in [-0.1, -0.05) is 30.0 Å². The van der Waals surface area contributed by atoms with Crippen molar-refractivity contribution in [2.75, 3.05) is 12.3 Å². The number of thioether (sulfide) groups is 1. The molecule has 0 aliphatic carbocycles. The van der Waals surface area contributed by atoms with Gasteiger partial charge in [0.1, 0.15) is 5.51 Å². The highest BCUT2D eigenvalue weighted by Crippen LogP contribution is 2.19. The molecule has 0 fully saturated rings. The van der Waals surface area contributed by atoms with Crippen LogP contribution < -0.4 is 5.32 Å². The molecule has 0 saturated heterocycles. The standard InChI is InChI=1S/C8H12N4S2/c1-2-10-7(5-9)3-4-13-8-12-11-6-14-8/h6-7,10H,2-4H2,1H3. The first-order valence-electron chi connectivity index (χ1n) is 4.38. The van der Waals surface area contributed by atoms with Gasteiger partial charge in [-0.3, -0.25) is 0 Å². The summed E-state index contributed by atoms with van der Waals surface area (Å²) in [5, 5.41) is 19.5. The smallest absolute Gasteiger partial charge is 0.174 e. The monoisotopic (exact) mass is 228 g/mol. The second kappa shape index (κ2) is 6.76. The van der Waals surface area contributed by atoms with Gasteiger partial charge in [-0.15, -0.1) is 10.2 Å². The molecule has 1 unspecified atom stereocenters. The molecule has 1 aromatic rings. The molecule has 0 saturated carbocycles. The van der Waals surface area contributed by atoms with Crippen molar-refractivity contribution >= 4 is 23.1 Å². The lowest BCUT2D eigenvalue weighted by Gasteiger charge is -2.07. The second-order valence-electron chi connectivity index (χ2n) is 2.58. The minimum atomic E-state index is -0.0413. The summed E-state index contributed by atoms with van der Waals surface area (Å²) < 4.78 is 0.971. The van der Waals surface area contributed by atoms with Crippen LogP contribution in [0.5, 0.6) is 0 Å². The molecule has 0 radical (unpaired) electrons. The Bertz CT molecular complexity index is 280. The number of nitrogens with zero attached hydrogens (tertiary/aromatic N) is 3. The van der Waals surface area contributed by atoms with Gasteiger partial charge in [0.2, 0.25) is 0 Å². The molecule has 14 heavy (non-hydrogen) atoms. The summed E-state index contributed by atoms with van der Waals surface area (Å²) in [4.78, 5) is 0. The van der Waals surface area contributed by atoms with E-state index in [0.29, 0.717) is 0 Å². The zero-order valence-corrected chi connectivity index (χ0v) is 9.57. The van der Waals surface area contributed by atoms with Crippen molar-refractivity contribution in [3.63, 3.8) is 0 Å². The number of aromatic nitrogens is 2. The molecule has 0 aliphatic rings. The molecule has 1 N–H and O–H groups in total. The van der Waals surface area contributed by atoms with Crippen LogP contribution in [0.15, 0.2) is 9.85 Å². The first kappa shape index (κ1) is 11.4. The molecule has 4 nitrogen and oxygen atoms in total. The van der Waals surface area contributed by atoms with Crippen LogP contribution >= 0.6 is 23.1 Å². The lowest BCUT2D eigenvalue weighted by molar-refractivity contribution is 0.613. The lowest BCUT2D eigenvalue weighted by Crippen LogP contribution is -2.27. The highest BCUT2D eigenvalue weighted by molar-refractivity contribution is 8.00. The highest BCUT2D eigenvalue weighted by Gasteiger charge is 2.05. The van der Waals surface area contributed by atoms with Crippen molar-refractivity contribution in [1.82, 2.24) is 15.5 Å². The summed E-state index contributed by atoms with van der Waals surface area (Å²) in [6, 6.07) is 2.18. The van der Waals surface area contributed by atoms with E-state index in [1.807, 2.05) is 6.92 Å². The quantitative estimate of drug-likeness (QED) is 0.748. The van der Waals surface area contributed by atoms with Crippen molar-refractivity contribution < 1.29 is 0 Å². The van der Waals surface area contributed by atoms with Gasteiger partial charge < -0.3 is 5.32 Å². The molecule has 1 rings (SSSR count). The Kier molecular flexibility index (Phi) is 5.52. The van der Waals surface area contributed by atoms with Crippen LogP contribution in [0.2, 0.25) is 0 Å². The van der Waals surface area contributed by atoms with Crippen molar-refractivity contribution in [1.29, 1.82) is 5.26 Å². The Balaban J connectivity index is 2.17. The third-order valence-electron chi connectivity index (χ3n) is 1.58. The fourth-order valence-electron chi connectivity index (χ4n) is 0.949. The number of nitriles is 1. The van der Waals surface area contributed by atoms with Gasteiger partial charge in [0.15, 0.2) is 4.34 Å². The minimum absolute atomic E-state index is 0.0413. The normalized spacial score (nSPS) is 12.3. The van der Waals surface area contributed by atoms with E-state index in [-0.39, 0.29) is 6.04 Å². The lowest BCUT2D eigenvalue weighted by atomic mass is 10.2. The summed E-state index contributed by atoms with van der Waals surface area (Å²) in [6.07, 6.45) is 0.842. The van der Waals surface area contributed by atoms with E-state index in [2.05, 4.69) is 21.6 Å². The third kappa shape index (κ3) is 4.05. The molecule has 0 aliphatic heterocycles. The molecule has 76 valence electrons. The molecule has 6 heteroatoms. The third-order valence-corrected chi connectivity index (χ3v) is 3.47. The Morgan fingerprint density at radius 2 is 2.64 bits per heavy atom. The van der Waals surface area contributed by atoms with Crippen molar-refractivity contribution in [3.05, 3.63) is 5.51 Å². The maximum absolute atomic E-state index is 8.77. The highest BCUT2D eigenvalue weighted by atomic mass is 32.2. The SMILES string of the molecule is CCNC(C#N)CCSc1nncs1. The summed E-state index contributed by atoms with van der Waals surface area (Å²) in [6.45, 7) is 2.84. The fourth-order valence-corrected chi connectivity index (χ4v) is 2.51. The van der Waals surface area contributed by atoms with Crippen LogP contribution in [0.3, 0.4) is 0 Å². The summed E-state index contributed by atoms with van der Waals surface area (Å²) in [5.74, 6) is 0.903. The molecule has 1 atom stereocenters. The van der Waals surface area contributed by atoms with E-state index in [1.54, 1.807) is 17.3 Å². The van der Waals surface area contributed by atoms with Gasteiger partial charge in [0.25, 0.3) is 0 Å². The zero-order valence-electron chi connectivity index (χ0n) is 7.93. The maximum Gasteiger partial charge on any atom is 0.174 e. The van der Waals surface area contributed by atoms with Gasteiger partial charge in [-0.2, -0.15) is 5.26 Å². The maximum atomic E-state index is 8.77. The van der Waals surface area contributed by atoms with Crippen LogP contribution in [0.25, 0.3) is 0 Å². The Morgan fingerprint density at radius 3 is 3.21 bits per heavy atom. The molecule has 1 aromatic heterocycles. The predicted molar refractivity (Wildman–Crippen MR) is 58.3 cm³/mol. The first-order chi connectivity index (χ1) is 6.86. The first-order valence-corrected chi connectivity index (χ1v) is 6.25.